The van der Waals surface area contributed by atoms with Gasteiger partial charge in [0, 0.05) is 17.6 Å². The van der Waals surface area contributed by atoms with E-state index in [0.717, 1.165) is 29.6 Å². The van der Waals surface area contributed by atoms with Crippen LogP contribution >= 0.6 is 0 Å². The Morgan fingerprint density at radius 3 is 2.58 bits per heavy atom. The zero-order valence-electron chi connectivity index (χ0n) is 16.0. The van der Waals surface area contributed by atoms with Crippen LogP contribution < -0.4 is 0 Å². The zero-order chi connectivity index (χ0) is 19.3. The fourth-order valence-corrected chi connectivity index (χ4v) is 3.22. The number of hydrogen-bond donors (Lipinski definition) is 1. The van der Waals surface area contributed by atoms with Gasteiger partial charge in [-0.1, -0.05) is 17.7 Å². The number of carbonyl (C=O) groups is 2. The van der Waals surface area contributed by atoms with Gasteiger partial charge in [-0.05, 0) is 63.7 Å². The quantitative estimate of drug-likeness (QED) is 0.572. The molecule has 0 bridgehead atoms. The first-order chi connectivity index (χ1) is 12.3. The average Bonchev–Trinajstić information content (AvgIpc) is 2.86. The zero-order valence-corrected chi connectivity index (χ0v) is 16.0. The summed E-state index contributed by atoms with van der Waals surface area (Å²) in [7, 11) is 1.38. The Morgan fingerprint density at radius 2 is 1.88 bits per heavy atom. The molecule has 1 aliphatic heterocycles. The summed E-state index contributed by atoms with van der Waals surface area (Å²) >= 11 is 0. The molecule has 26 heavy (non-hydrogen) atoms. The van der Waals surface area contributed by atoms with Gasteiger partial charge >= 0.3 is 11.9 Å². The maximum absolute atomic E-state index is 12.0. The number of aliphatic hydroxyl groups excluding tert-OH is 1. The fraction of sp³-hybridized carbons (Fsp3) is 0.524. The molecule has 0 aromatic heterocycles. The Labute approximate surface area is 155 Å². The molecule has 0 spiro atoms. The van der Waals surface area contributed by atoms with Crippen molar-refractivity contribution in [1.82, 2.24) is 0 Å². The Hall–Kier alpha value is -2.14. The van der Waals surface area contributed by atoms with Gasteiger partial charge in [-0.15, -0.1) is 0 Å². The molecule has 0 saturated carbocycles. The first-order valence-corrected chi connectivity index (χ1v) is 9.03. The number of methoxy groups -OCH3 is 1. The summed E-state index contributed by atoms with van der Waals surface area (Å²) in [5.74, 6) is -0.629. The van der Waals surface area contributed by atoms with Crippen LogP contribution in [0.4, 0.5) is 0 Å². The molecule has 0 amide bonds. The van der Waals surface area contributed by atoms with Crippen molar-refractivity contribution in [3.05, 3.63) is 46.1 Å². The molecule has 1 heterocycles. The van der Waals surface area contributed by atoms with Crippen LogP contribution in [0.1, 0.15) is 52.9 Å². The fourth-order valence-electron chi connectivity index (χ4n) is 3.22. The SMILES string of the molecule is COC(=O)/C1=C\CC/C(C)=C/[C@@H]2OC(=O)C(C)=C2C[C@H](O)/C(C)=C/CC1. The molecule has 1 N–H and O–H groups in total. The first-order valence-electron chi connectivity index (χ1n) is 9.03. The van der Waals surface area contributed by atoms with Crippen molar-refractivity contribution in [3.8, 4) is 0 Å². The van der Waals surface area contributed by atoms with Crippen LogP contribution in [0.3, 0.4) is 0 Å². The summed E-state index contributed by atoms with van der Waals surface area (Å²) in [5.41, 5.74) is 3.99. The summed E-state index contributed by atoms with van der Waals surface area (Å²) in [6.07, 6.45) is 7.77. The lowest BCUT2D eigenvalue weighted by molar-refractivity contribution is -0.138. The van der Waals surface area contributed by atoms with E-state index in [1.165, 1.54) is 7.11 Å². The number of carbonyl (C=O) groups excluding carboxylic acids is 2. The van der Waals surface area contributed by atoms with Crippen LogP contribution in [0.15, 0.2) is 46.1 Å². The van der Waals surface area contributed by atoms with E-state index in [1.54, 1.807) is 6.92 Å². The molecule has 2 atom stereocenters. The highest BCUT2D eigenvalue weighted by molar-refractivity contribution is 5.92. The van der Waals surface area contributed by atoms with Crippen molar-refractivity contribution in [3.63, 3.8) is 0 Å². The maximum atomic E-state index is 12.0. The first kappa shape index (κ1) is 20.2. The summed E-state index contributed by atoms with van der Waals surface area (Å²) < 4.78 is 10.3. The largest absolute Gasteiger partial charge is 0.466 e. The third-order valence-corrected chi connectivity index (χ3v) is 5.00. The number of ether oxygens (including phenoxy) is 2. The molecular formula is C21H28O5. The van der Waals surface area contributed by atoms with Crippen molar-refractivity contribution in [2.24, 2.45) is 0 Å². The van der Waals surface area contributed by atoms with Crippen LogP contribution in [0, 0.1) is 0 Å². The van der Waals surface area contributed by atoms with Crippen LogP contribution in [-0.2, 0) is 19.1 Å². The molecule has 5 nitrogen and oxygen atoms in total. The second-order valence-electron chi connectivity index (χ2n) is 6.96. The van der Waals surface area contributed by atoms with Crippen LogP contribution in [0.2, 0.25) is 0 Å². The van der Waals surface area contributed by atoms with E-state index in [-0.39, 0.29) is 11.9 Å². The van der Waals surface area contributed by atoms with Gasteiger partial charge in [0.05, 0.1) is 13.2 Å². The highest BCUT2D eigenvalue weighted by Gasteiger charge is 2.31. The molecule has 2 rings (SSSR count). The van der Waals surface area contributed by atoms with Gasteiger partial charge < -0.3 is 14.6 Å². The molecule has 1 aliphatic carbocycles. The van der Waals surface area contributed by atoms with Crippen LogP contribution in [-0.4, -0.2) is 36.4 Å². The van der Waals surface area contributed by atoms with E-state index in [1.807, 2.05) is 32.1 Å². The van der Waals surface area contributed by atoms with E-state index in [4.69, 9.17) is 9.47 Å². The second-order valence-corrected chi connectivity index (χ2v) is 6.96. The second kappa shape index (κ2) is 8.99. The summed E-state index contributed by atoms with van der Waals surface area (Å²) in [4.78, 5) is 23.9. The minimum absolute atomic E-state index is 0.309. The summed E-state index contributed by atoms with van der Waals surface area (Å²) in [6, 6.07) is 0. The third kappa shape index (κ3) is 4.94. The van der Waals surface area contributed by atoms with Gasteiger partial charge in [0.25, 0.3) is 0 Å². The maximum Gasteiger partial charge on any atom is 0.334 e. The molecule has 0 aromatic rings. The molecule has 0 aromatic carbocycles. The smallest absolute Gasteiger partial charge is 0.334 e. The molecule has 0 unspecified atom stereocenters. The molecule has 0 fully saturated rings. The predicted molar refractivity (Wildman–Crippen MR) is 99.3 cm³/mol. The lowest BCUT2D eigenvalue weighted by atomic mass is 9.93. The Bertz CT molecular complexity index is 693. The monoisotopic (exact) mass is 360 g/mol. The van der Waals surface area contributed by atoms with Crippen molar-refractivity contribution in [2.45, 2.75) is 65.1 Å². The van der Waals surface area contributed by atoms with E-state index in [9.17, 15) is 14.7 Å². The molecule has 5 heteroatoms. The number of rotatable bonds is 1. The van der Waals surface area contributed by atoms with Crippen LogP contribution in [0.25, 0.3) is 0 Å². The number of fused-ring (bicyclic) bond motifs is 1. The highest BCUT2D eigenvalue weighted by Crippen LogP contribution is 2.30. The van der Waals surface area contributed by atoms with Gasteiger partial charge in [0.1, 0.15) is 6.10 Å². The van der Waals surface area contributed by atoms with E-state index in [2.05, 4.69) is 0 Å². The Morgan fingerprint density at radius 1 is 1.19 bits per heavy atom. The van der Waals surface area contributed by atoms with E-state index in [0.29, 0.717) is 30.4 Å². The number of allylic oxidation sites excluding steroid dienone is 3. The van der Waals surface area contributed by atoms with Gasteiger partial charge in [-0.3, -0.25) is 0 Å². The minimum Gasteiger partial charge on any atom is -0.466 e. The lowest BCUT2D eigenvalue weighted by Gasteiger charge is -2.17. The normalized spacial score (nSPS) is 31.4. The Balaban J connectivity index is 2.33. The highest BCUT2D eigenvalue weighted by atomic mass is 16.5. The minimum atomic E-state index is -0.681. The third-order valence-electron chi connectivity index (χ3n) is 5.00. The van der Waals surface area contributed by atoms with Gasteiger partial charge in [-0.25, -0.2) is 9.59 Å². The van der Waals surface area contributed by atoms with Gasteiger partial charge in [0.2, 0.25) is 0 Å². The van der Waals surface area contributed by atoms with Crippen molar-refractivity contribution in [2.75, 3.05) is 7.11 Å². The van der Waals surface area contributed by atoms with Gasteiger partial charge in [-0.2, -0.15) is 0 Å². The number of esters is 2. The number of aliphatic hydroxyl groups is 1. The van der Waals surface area contributed by atoms with Crippen LogP contribution in [0.5, 0.6) is 0 Å². The van der Waals surface area contributed by atoms with Crippen molar-refractivity contribution < 1.29 is 24.2 Å². The van der Waals surface area contributed by atoms with E-state index < -0.39 is 12.2 Å². The average molecular weight is 360 g/mol. The van der Waals surface area contributed by atoms with E-state index >= 15 is 0 Å². The Kier molecular flexibility index (Phi) is 6.98. The molecular weight excluding hydrogens is 332 g/mol. The van der Waals surface area contributed by atoms with Crippen molar-refractivity contribution >= 4 is 11.9 Å². The molecule has 0 saturated heterocycles. The van der Waals surface area contributed by atoms with Gasteiger partial charge in [0.15, 0.2) is 0 Å². The molecule has 0 radical (unpaired) electrons. The topological polar surface area (TPSA) is 72.8 Å². The number of hydrogen-bond acceptors (Lipinski definition) is 5. The standard InChI is InChI=1S/C21H28O5/c1-13-7-5-9-16(21(24)25-4)10-6-8-14(2)18(22)12-17-15(3)20(23)26-19(17)11-13/h8-9,11,18-19,22H,5-7,10,12H2,1-4H3/b13-11+,14-8+,16-9-/t18-,19-/m0/s1. The summed E-state index contributed by atoms with van der Waals surface area (Å²) in [5, 5.41) is 10.5. The molecule has 2 aliphatic rings. The lowest BCUT2D eigenvalue weighted by Crippen LogP contribution is -2.16. The molecule has 142 valence electrons. The predicted octanol–water partition coefficient (Wildman–Crippen LogP) is 3.55. The summed E-state index contributed by atoms with van der Waals surface area (Å²) in [6.45, 7) is 5.60. The van der Waals surface area contributed by atoms with Crippen molar-refractivity contribution in [1.29, 1.82) is 0 Å².